The molecule has 0 saturated heterocycles. The third-order valence-electron chi connectivity index (χ3n) is 1.66. The van der Waals surface area contributed by atoms with Crippen molar-refractivity contribution in [1.29, 1.82) is 0 Å². The average Bonchev–Trinajstić information content (AvgIpc) is 2.25. The van der Waals surface area contributed by atoms with Crippen LogP contribution >= 0.6 is 0 Å². The fourth-order valence-electron chi connectivity index (χ4n) is 0.999. The Balaban J connectivity index is 2.23. The highest BCUT2D eigenvalue weighted by Gasteiger charge is 2.01. The van der Waals surface area contributed by atoms with Crippen LogP contribution in [0.15, 0.2) is 43.0 Å². The quantitative estimate of drug-likeness (QED) is 0.533. The lowest BCUT2D eigenvalue weighted by molar-refractivity contribution is -0.0778. The normalized spacial score (nSPS) is 12.1. The van der Waals surface area contributed by atoms with E-state index in [0.29, 0.717) is 13.2 Å². The molecule has 0 heterocycles. The SMILES string of the molecule is C=CCOC(O)CNc1ccccc1. The molecule has 1 aromatic rings. The van der Waals surface area contributed by atoms with Crippen LogP contribution in [-0.2, 0) is 4.74 Å². The van der Waals surface area contributed by atoms with Crippen LogP contribution in [-0.4, -0.2) is 24.5 Å². The summed E-state index contributed by atoms with van der Waals surface area (Å²) in [5, 5.41) is 12.4. The van der Waals surface area contributed by atoms with Crippen molar-refractivity contribution in [2.45, 2.75) is 6.29 Å². The molecule has 0 amide bonds. The van der Waals surface area contributed by atoms with E-state index in [2.05, 4.69) is 11.9 Å². The Morgan fingerprint density at radius 2 is 2.14 bits per heavy atom. The number of hydrogen-bond acceptors (Lipinski definition) is 3. The zero-order valence-corrected chi connectivity index (χ0v) is 8.02. The monoisotopic (exact) mass is 193 g/mol. The highest BCUT2D eigenvalue weighted by molar-refractivity contribution is 5.42. The number of ether oxygens (including phenoxy) is 1. The van der Waals surface area contributed by atoms with Gasteiger partial charge < -0.3 is 15.2 Å². The fourth-order valence-corrected chi connectivity index (χ4v) is 0.999. The van der Waals surface area contributed by atoms with Gasteiger partial charge in [-0.25, -0.2) is 0 Å². The Hall–Kier alpha value is -1.32. The van der Waals surface area contributed by atoms with Crippen LogP contribution in [0.4, 0.5) is 5.69 Å². The lowest BCUT2D eigenvalue weighted by Crippen LogP contribution is -2.22. The second kappa shape index (κ2) is 6.18. The molecular weight excluding hydrogens is 178 g/mol. The van der Waals surface area contributed by atoms with Gasteiger partial charge in [0.15, 0.2) is 6.29 Å². The van der Waals surface area contributed by atoms with Gasteiger partial charge in [-0.05, 0) is 12.1 Å². The van der Waals surface area contributed by atoms with Crippen LogP contribution in [0.25, 0.3) is 0 Å². The number of para-hydroxylation sites is 1. The summed E-state index contributed by atoms with van der Waals surface area (Å²) in [6, 6.07) is 9.66. The van der Waals surface area contributed by atoms with E-state index in [1.54, 1.807) is 6.08 Å². The van der Waals surface area contributed by atoms with Gasteiger partial charge in [0.2, 0.25) is 0 Å². The minimum absolute atomic E-state index is 0.359. The minimum atomic E-state index is -0.798. The first kappa shape index (κ1) is 10.8. The first-order valence-electron chi connectivity index (χ1n) is 4.52. The Morgan fingerprint density at radius 1 is 1.43 bits per heavy atom. The first-order chi connectivity index (χ1) is 6.83. The van der Waals surface area contributed by atoms with E-state index >= 15 is 0 Å². The Kier molecular flexibility index (Phi) is 4.75. The average molecular weight is 193 g/mol. The summed E-state index contributed by atoms with van der Waals surface area (Å²) in [5.74, 6) is 0. The van der Waals surface area contributed by atoms with Gasteiger partial charge in [-0.3, -0.25) is 0 Å². The molecule has 76 valence electrons. The number of anilines is 1. The predicted octanol–water partition coefficient (Wildman–Crippen LogP) is 1.62. The molecule has 2 N–H and O–H groups in total. The van der Waals surface area contributed by atoms with Gasteiger partial charge in [0, 0.05) is 5.69 Å². The lowest BCUT2D eigenvalue weighted by Gasteiger charge is -2.12. The molecule has 0 aliphatic heterocycles. The van der Waals surface area contributed by atoms with Crippen molar-refractivity contribution in [3.63, 3.8) is 0 Å². The summed E-state index contributed by atoms with van der Waals surface area (Å²) in [7, 11) is 0. The summed E-state index contributed by atoms with van der Waals surface area (Å²) < 4.78 is 4.99. The van der Waals surface area contributed by atoms with E-state index in [0.717, 1.165) is 5.69 Å². The second-order valence-electron chi connectivity index (χ2n) is 2.82. The molecule has 3 nitrogen and oxygen atoms in total. The maximum atomic E-state index is 9.31. The molecule has 1 aromatic carbocycles. The van der Waals surface area contributed by atoms with Crippen LogP contribution in [0.1, 0.15) is 0 Å². The van der Waals surface area contributed by atoms with Crippen molar-refractivity contribution in [1.82, 2.24) is 0 Å². The highest BCUT2D eigenvalue weighted by atomic mass is 16.6. The van der Waals surface area contributed by atoms with E-state index < -0.39 is 6.29 Å². The molecule has 14 heavy (non-hydrogen) atoms. The van der Waals surface area contributed by atoms with Crippen molar-refractivity contribution in [3.8, 4) is 0 Å². The standard InChI is InChI=1S/C11H15NO2/c1-2-8-14-11(13)9-12-10-6-4-3-5-7-10/h2-7,11-13H,1,8-9H2. The molecule has 3 heteroatoms. The lowest BCUT2D eigenvalue weighted by atomic mass is 10.3. The molecule has 1 atom stereocenters. The van der Waals surface area contributed by atoms with Gasteiger partial charge >= 0.3 is 0 Å². The topological polar surface area (TPSA) is 41.5 Å². The van der Waals surface area contributed by atoms with E-state index in [-0.39, 0.29) is 0 Å². The number of benzene rings is 1. The number of hydrogen-bond donors (Lipinski definition) is 2. The van der Waals surface area contributed by atoms with Crippen LogP contribution < -0.4 is 5.32 Å². The van der Waals surface area contributed by atoms with Gasteiger partial charge in [-0.1, -0.05) is 24.3 Å². The largest absolute Gasteiger partial charge is 0.380 e. The van der Waals surface area contributed by atoms with Gasteiger partial charge in [-0.15, -0.1) is 6.58 Å². The van der Waals surface area contributed by atoms with Crippen LogP contribution in [0.2, 0.25) is 0 Å². The molecule has 1 rings (SSSR count). The molecule has 0 saturated carbocycles. The summed E-state index contributed by atoms with van der Waals surface area (Å²) >= 11 is 0. The third-order valence-corrected chi connectivity index (χ3v) is 1.66. The number of rotatable bonds is 6. The smallest absolute Gasteiger partial charge is 0.172 e. The summed E-state index contributed by atoms with van der Waals surface area (Å²) in [5.41, 5.74) is 0.966. The molecular formula is C11H15NO2. The molecule has 0 aliphatic rings. The number of aliphatic hydroxyl groups is 1. The Labute approximate surface area is 84.0 Å². The number of nitrogens with one attached hydrogen (secondary N) is 1. The Bertz CT molecular complexity index is 261. The van der Waals surface area contributed by atoms with Gasteiger partial charge in [-0.2, -0.15) is 0 Å². The second-order valence-corrected chi connectivity index (χ2v) is 2.82. The maximum absolute atomic E-state index is 9.31. The van der Waals surface area contributed by atoms with Crippen LogP contribution in [0.3, 0.4) is 0 Å². The minimum Gasteiger partial charge on any atom is -0.380 e. The van der Waals surface area contributed by atoms with Crippen LogP contribution in [0, 0.1) is 0 Å². The molecule has 1 unspecified atom stereocenters. The van der Waals surface area contributed by atoms with Gasteiger partial charge in [0.05, 0.1) is 13.2 Å². The van der Waals surface area contributed by atoms with E-state index in [9.17, 15) is 5.11 Å². The van der Waals surface area contributed by atoms with Crippen molar-refractivity contribution in [2.24, 2.45) is 0 Å². The van der Waals surface area contributed by atoms with Crippen molar-refractivity contribution in [3.05, 3.63) is 43.0 Å². The van der Waals surface area contributed by atoms with Crippen molar-refractivity contribution >= 4 is 5.69 Å². The van der Waals surface area contributed by atoms with E-state index in [1.165, 1.54) is 0 Å². The maximum Gasteiger partial charge on any atom is 0.172 e. The molecule has 0 aromatic heterocycles. The molecule has 0 bridgehead atoms. The van der Waals surface area contributed by atoms with Gasteiger partial charge in [0.25, 0.3) is 0 Å². The van der Waals surface area contributed by atoms with Gasteiger partial charge in [0.1, 0.15) is 0 Å². The zero-order chi connectivity index (χ0) is 10.2. The zero-order valence-electron chi connectivity index (χ0n) is 8.02. The highest BCUT2D eigenvalue weighted by Crippen LogP contribution is 2.04. The third kappa shape index (κ3) is 4.07. The molecule has 0 radical (unpaired) electrons. The molecule has 0 aliphatic carbocycles. The van der Waals surface area contributed by atoms with E-state index in [4.69, 9.17) is 4.74 Å². The predicted molar refractivity (Wildman–Crippen MR) is 57.1 cm³/mol. The summed E-state index contributed by atoms with van der Waals surface area (Å²) in [6.45, 7) is 4.23. The fraction of sp³-hybridized carbons (Fsp3) is 0.273. The molecule has 0 spiro atoms. The van der Waals surface area contributed by atoms with Crippen molar-refractivity contribution in [2.75, 3.05) is 18.5 Å². The first-order valence-corrected chi connectivity index (χ1v) is 4.52. The molecule has 0 fully saturated rings. The van der Waals surface area contributed by atoms with Crippen molar-refractivity contribution < 1.29 is 9.84 Å². The summed E-state index contributed by atoms with van der Waals surface area (Å²) in [4.78, 5) is 0. The van der Waals surface area contributed by atoms with E-state index in [1.807, 2.05) is 30.3 Å². The van der Waals surface area contributed by atoms with Crippen LogP contribution in [0.5, 0.6) is 0 Å². The number of aliphatic hydroxyl groups excluding tert-OH is 1. The summed E-state index contributed by atoms with van der Waals surface area (Å²) in [6.07, 6.45) is 0.805. The Morgan fingerprint density at radius 3 is 2.79 bits per heavy atom.